The number of nitrogens with zero attached hydrogens (tertiary/aromatic N) is 3. The van der Waals surface area contributed by atoms with Crippen molar-refractivity contribution in [3.05, 3.63) is 36.5 Å². The Morgan fingerprint density at radius 2 is 2.19 bits per heavy atom. The maximum atomic E-state index is 9.49. The summed E-state index contributed by atoms with van der Waals surface area (Å²) in [6.45, 7) is 0.346. The van der Waals surface area contributed by atoms with Crippen molar-refractivity contribution in [2.75, 3.05) is 0 Å². The van der Waals surface area contributed by atoms with E-state index < -0.39 is 6.10 Å². The Bertz CT molecular complexity index is 533. The van der Waals surface area contributed by atoms with E-state index in [1.165, 1.54) is 0 Å². The number of aliphatic hydroxyl groups is 1. The van der Waals surface area contributed by atoms with Gasteiger partial charge in [-0.05, 0) is 6.07 Å². The van der Waals surface area contributed by atoms with E-state index in [0.29, 0.717) is 6.54 Å². The summed E-state index contributed by atoms with van der Waals surface area (Å²) in [7, 11) is 0. The van der Waals surface area contributed by atoms with Crippen molar-refractivity contribution >= 4 is 10.9 Å². The molecule has 0 radical (unpaired) electrons. The summed E-state index contributed by atoms with van der Waals surface area (Å²) in [6.07, 6.45) is 1.27. The fourth-order valence-corrected chi connectivity index (χ4v) is 1.55. The van der Waals surface area contributed by atoms with Gasteiger partial charge < -0.3 is 5.11 Å². The minimum Gasteiger partial charge on any atom is -0.385 e. The number of rotatable bonds is 3. The summed E-state index contributed by atoms with van der Waals surface area (Å²) < 4.78 is 1.66. The number of hydrogen-bond donors (Lipinski definition) is 1. The molecule has 80 valence electrons. The lowest BCUT2D eigenvalue weighted by Gasteiger charge is -2.00. The zero-order valence-corrected chi connectivity index (χ0v) is 8.74. The van der Waals surface area contributed by atoms with E-state index >= 15 is 0 Å². The molecule has 0 aliphatic heterocycles. The van der Waals surface area contributed by atoms with Crippen LogP contribution in [0.3, 0.4) is 0 Å². The number of aromatic nitrogens is 2. The first-order chi connectivity index (χ1) is 7.79. The van der Waals surface area contributed by atoms with E-state index in [-0.39, 0.29) is 6.42 Å². The normalized spacial score (nSPS) is 12.2. The molecule has 0 bridgehead atoms. The molecule has 0 spiro atoms. The molecule has 0 unspecified atom stereocenters. The van der Waals surface area contributed by atoms with Gasteiger partial charge in [0.1, 0.15) is 11.6 Å². The van der Waals surface area contributed by atoms with Crippen LogP contribution in [-0.2, 0) is 6.54 Å². The Hall–Kier alpha value is -1.99. The first-order valence-corrected chi connectivity index (χ1v) is 5.10. The number of aliphatic hydroxyl groups excluding tert-OH is 1. The van der Waals surface area contributed by atoms with E-state index in [9.17, 15) is 5.11 Å². The van der Waals surface area contributed by atoms with Gasteiger partial charge in [0.25, 0.3) is 0 Å². The lowest BCUT2D eigenvalue weighted by atomic mass is 10.2. The molecule has 4 nitrogen and oxygen atoms in total. The highest BCUT2D eigenvalue weighted by atomic mass is 16.3. The van der Waals surface area contributed by atoms with Crippen LogP contribution in [0.1, 0.15) is 6.42 Å². The highest BCUT2D eigenvalue weighted by Crippen LogP contribution is 2.06. The van der Waals surface area contributed by atoms with Crippen molar-refractivity contribution in [3.63, 3.8) is 0 Å². The van der Waals surface area contributed by atoms with E-state index in [4.69, 9.17) is 5.26 Å². The first kappa shape index (κ1) is 10.5. The van der Waals surface area contributed by atoms with Gasteiger partial charge in [0.05, 0.1) is 12.5 Å². The molecular formula is C12H12N3O+. The van der Waals surface area contributed by atoms with Crippen LogP contribution in [0.25, 0.3) is 10.9 Å². The van der Waals surface area contributed by atoms with Gasteiger partial charge in [0.2, 0.25) is 6.54 Å². The van der Waals surface area contributed by atoms with Gasteiger partial charge in [-0.3, -0.25) is 0 Å². The second-order valence-corrected chi connectivity index (χ2v) is 3.61. The van der Waals surface area contributed by atoms with Crippen molar-refractivity contribution < 1.29 is 9.79 Å². The predicted molar refractivity (Wildman–Crippen MR) is 58.2 cm³/mol. The molecule has 0 aliphatic rings. The van der Waals surface area contributed by atoms with Crippen molar-refractivity contribution in [2.45, 2.75) is 19.1 Å². The Kier molecular flexibility index (Phi) is 3.08. The SMILES string of the molecule is N#CC[C@H](O)C[n+]1ccc2ccccc2n1. The molecule has 2 rings (SSSR count). The summed E-state index contributed by atoms with van der Waals surface area (Å²) in [6, 6.07) is 11.7. The summed E-state index contributed by atoms with van der Waals surface area (Å²) in [5.41, 5.74) is 0.883. The zero-order valence-electron chi connectivity index (χ0n) is 8.74. The third-order valence-electron chi connectivity index (χ3n) is 2.32. The molecule has 1 N–H and O–H groups in total. The second kappa shape index (κ2) is 4.69. The monoisotopic (exact) mass is 214 g/mol. The van der Waals surface area contributed by atoms with Crippen LogP contribution in [0.15, 0.2) is 36.5 Å². The van der Waals surface area contributed by atoms with Crippen LogP contribution in [0.2, 0.25) is 0 Å². The van der Waals surface area contributed by atoms with Crippen molar-refractivity contribution in [1.82, 2.24) is 5.10 Å². The minimum atomic E-state index is -0.663. The third-order valence-corrected chi connectivity index (χ3v) is 2.32. The molecule has 1 aromatic heterocycles. The van der Waals surface area contributed by atoms with Crippen molar-refractivity contribution in [1.29, 1.82) is 5.26 Å². The van der Waals surface area contributed by atoms with Gasteiger partial charge in [-0.25, -0.2) is 0 Å². The molecule has 1 heterocycles. The van der Waals surface area contributed by atoms with Crippen LogP contribution < -0.4 is 4.68 Å². The molecular weight excluding hydrogens is 202 g/mol. The number of benzene rings is 1. The molecule has 0 amide bonds. The Balaban J connectivity index is 2.23. The quantitative estimate of drug-likeness (QED) is 0.769. The Labute approximate surface area is 93.4 Å². The van der Waals surface area contributed by atoms with Crippen molar-refractivity contribution in [2.24, 2.45) is 0 Å². The Morgan fingerprint density at radius 1 is 1.38 bits per heavy atom. The lowest BCUT2D eigenvalue weighted by Crippen LogP contribution is -2.42. The number of fused-ring (bicyclic) bond motifs is 1. The third kappa shape index (κ3) is 2.33. The van der Waals surface area contributed by atoms with Gasteiger partial charge in [0.15, 0.2) is 6.20 Å². The smallest absolute Gasteiger partial charge is 0.200 e. The summed E-state index contributed by atoms with van der Waals surface area (Å²) in [5.74, 6) is 0. The summed E-state index contributed by atoms with van der Waals surface area (Å²) in [4.78, 5) is 0. The molecule has 4 heteroatoms. The van der Waals surface area contributed by atoms with Crippen molar-refractivity contribution in [3.8, 4) is 6.07 Å². The molecule has 0 saturated carbocycles. The van der Waals surface area contributed by atoms with Gasteiger partial charge in [0, 0.05) is 16.6 Å². The number of hydrogen-bond acceptors (Lipinski definition) is 3. The van der Waals surface area contributed by atoms with Gasteiger partial charge >= 0.3 is 0 Å². The summed E-state index contributed by atoms with van der Waals surface area (Å²) >= 11 is 0. The van der Waals surface area contributed by atoms with Crippen LogP contribution in [-0.4, -0.2) is 16.3 Å². The standard InChI is InChI=1S/C12H12N3O/c13-7-5-11(16)9-15-8-6-10-3-1-2-4-12(10)14-15/h1-4,6,8,11,16H,5,9H2/q+1/t11-/m0/s1. The maximum absolute atomic E-state index is 9.49. The molecule has 1 atom stereocenters. The largest absolute Gasteiger partial charge is 0.385 e. The van der Waals surface area contributed by atoms with E-state index in [0.717, 1.165) is 10.9 Å². The van der Waals surface area contributed by atoms with Gasteiger partial charge in [-0.15, -0.1) is 0 Å². The average molecular weight is 214 g/mol. The fourth-order valence-electron chi connectivity index (χ4n) is 1.55. The highest BCUT2D eigenvalue weighted by molar-refractivity contribution is 5.76. The highest BCUT2D eigenvalue weighted by Gasteiger charge is 2.12. The van der Waals surface area contributed by atoms with Gasteiger partial charge in [-0.2, -0.15) is 5.26 Å². The molecule has 0 fully saturated rings. The van der Waals surface area contributed by atoms with E-state index in [1.807, 2.05) is 42.6 Å². The lowest BCUT2D eigenvalue weighted by molar-refractivity contribution is -0.757. The van der Waals surface area contributed by atoms with E-state index in [1.54, 1.807) is 4.68 Å². The van der Waals surface area contributed by atoms with Crippen LogP contribution in [0.4, 0.5) is 0 Å². The summed E-state index contributed by atoms with van der Waals surface area (Å²) in [5, 5.41) is 23.3. The zero-order chi connectivity index (χ0) is 11.4. The molecule has 2 aromatic rings. The fraction of sp³-hybridized carbons (Fsp3) is 0.250. The van der Waals surface area contributed by atoms with Crippen LogP contribution >= 0.6 is 0 Å². The molecule has 16 heavy (non-hydrogen) atoms. The van der Waals surface area contributed by atoms with E-state index in [2.05, 4.69) is 5.10 Å². The average Bonchev–Trinajstić information content (AvgIpc) is 2.29. The Morgan fingerprint density at radius 3 is 3.00 bits per heavy atom. The van der Waals surface area contributed by atoms with Crippen LogP contribution in [0.5, 0.6) is 0 Å². The van der Waals surface area contributed by atoms with Crippen LogP contribution in [0, 0.1) is 11.3 Å². The maximum Gasteiger partial charge on any atom is 0.200 e. The second-order valence-electron chi connectivity index (χ2n) is 3.61. The molecule has 0 saturated heterocycles. The predicted octanol–water partition coefficient (Wildman–Crippen LogP) is 0.797. The van der Waals surface area contributed by atoms with Gasteiger partial charge in [-0.1, -0.05) is 22.9 Å². The first-order valence-electron chi connectivity index (χ1n) is 5.10. The topological polar surface area (TPSA) is 60.8 Å². The molecule has 1 aromatic carbocycles. The minimum absolute atomic E-state index is 0.126. The molecule has 0 aliphatic carbocycles. The number of nitriles is 1.